The molecule has 194 valence electrons. The van der Waals surface area contributed by atoms with E-state index >= 15 is 0 Å². The Kier molecular flexibility index (Phi) is 7.49. The second-order valence-electron chi connectivity index (χ2n) is 13.0. The minimum atomic E-state index is -3.08. The highest BCUT2D eigenvalue weighted by Gasteiger charge is 2.61. The van der Waals surface area contributed by atoms with Gasteiger partial charge in [0.2, 0.25) is 0 Å². The van der Waals surface area contributed by atoms with Crippen molar-refractivity contribution in [2.75, 3.05) is 5.33 Å². The number of hydrogen-bond donors (Lipinski definition) is 1. The Hall–Kier alpha value is -1.16. The van der Waals surface area contributed by atoms with Gasteiger partial charge < -0.3 is 4.80 Å². The summed E-state index contributed by atoms with van der Waals surface area (Å²) in [5.41, 5.74) is 1.65. The minimum Gasteiger partial charge on any atom is -0.424 e. The number of allylic oxidation sites excluding steroid dienone is 2. The van der Waals surface area contributed by atoms with Crippen molar-refractivity contribution in [2.24, 2.45) is 47.3 Å². The molecule has 5 rings (SSSR count). The number of alkyl halides is 1. The Balaban J connectivity index is 1.63. The first-order valence-corrected chi connectivity index (χ1v) is 17.4. The maximum atomic E-state index is 13.1. The molecule has 0 heterocycles. The van der Waals surface area contributed by atoms with Gasteiger partial charge in [0.25, 0.3) is 8.32 Å². The van der Waals surface area contributed by atoms with E-state index in [1.165, 1.54) is 25.7 Å². The first-order chi connectivity index (χ1) is 17.2. The molecule has 1 nitrogen and oxygen atoms in total. The SMILES string of the molecule is C[C@H]1CC[C@H](C)[C@H]2[C@@H]3CC(C(C)(C)[Si](O)(c4ccccc4)c4ccccc4)/C(=C/CBr)[C@@H]3[C@@H](C)C[C@H]21. The van der Waals surface area contributed by atoms with E-state index < -0.39 is 8.32 Å². The minimum absolute atomic E-state index is 0.236. The lowest BCUT2D eigenvalue weighted by molar-refractivity contribution is -0.0207. The van der Waals surface area contributed by atoms with Crippen LogP contribution in [0.5, 0.6) is 0 Å². The fourth-order valence-electron chi connectivity index (χ4n) is 9.22. The van der Waals surface area contributed by atoms with E-state index in [4.69, 9.17) is 0 Å². The van der Waals surface area contributed by atoms with Crippen LogP contribution in [0.3, 0.4) is 0 Å². The van der Waals surface area contributed by atoms with Crippen LogP contribution in [0.2, 0.25) is 5.04 Å². The Morgan fingerprint density at radius 3 is 1.94 bits per heavy atom. The van der Waals surface area contributed by atoms with Gasteiger partial charge in [-0.05, 0) is 75.6 Å². The van der Waals surface area contributed by atoms with Crippen LogP contribution in [0, 0.1) is 47.3 Å². The van der Waals surface area contributed by atoms with Crippen LogP contribution in [0.25, 0.3) is 0 Å². The summed E-state index contributed by atoms with van der Waals surface area (Å²) in [4.78, 5) is 13.1. The molecule has 3 saturated carbocycles. The molecule has 2 aromatic carbocycles. The zero-order valence-corrected chi connectivity index (χ0v) is 25.4. The molecular formula is C33H45BrOSi. The van der Waals surface area contributed by atoms with Crippen molar-refractivity contribution in [1.82, 2.24) is 0 Å². The molecule has 0 aliphatic heterocycles. The van der Waals surface area contributed by atoms with Crippen LogP contribution in [0.1, 0.15) is 60.3 Å². The van der Waals surface area contributed by atoms with Gasteiger partial charge in [0.1, 0.15) is 0 Å². The molecule has 3 aliphatic carbocycles. The van der Waals surface area contributed by atoms with E-state index in [2.05, 4.69) is 117 Å². The average molecular weight is 566 g/mol. The zero-order valence-electron chi connectivity index (χ0n) is 22.8. The fourth-order valence-corrected chi connectivity index (χ4v) is 13.6. The molecule has 2 aromatic rings. The summed E-state index contributed by atoms with van der Waals surface area (Å²) in [6.45, 7) is 12.4. The van der Waals surface area contributed by atoms with Crippen LogP contribution in [-0.2, 0) is 0 Å². The molecule has 36 heavy (non-hydrogen) atoms. The quantitative estimate of drug-likeness (QED) is 0.227. The molecule has 1 unspecified atom stereocenters. The smallest absolute Gasteiger partial charge is 0.258 e. The summed E-state index contributed by atoms with van der Waals surface area (Å²) in [6.07, 6.45) is 7.91. The predicted molar refractivity (Wildman–Crippen MR) is 159 cm³/mol. The van der Waals surface area contributed by atoms with Gasteiger partial charge in [-0.15, -0.1) is 0 Å². The zero-order chi connectivity index (χ0) is 25.7. The lowest BCUT2D eigenvalue weighted by Crippen LogP contribution is -2.67. The van der Waals surface area contributed by atoms with Gasteiger partial charge in [0.15, 0.2) is 0 Å². The molecule has 0 spiro atoms. The average Bonchev–Trinajstić information content (AvgIpc) is 3.27. The third-order valence-corrected chi connectivity index (χ3v) is 15.8. The first kappa shape index (κ1) is 26.4. The Bertz CT molecular complexity index is 1020. The van der Waals surface area contributed by atoms with Crippen LogP contribution in [0.4, 0.5) is 0 Å². The van der Waals surface area contributed by atoms with Crippen molar-refractivity contribution in [3.05, 3.63) is 72.3 Å². The maximum absolute atomic E-state index is 13.1. The molecule has 0 aromatic heterocycles. The van der Waals surface area contributed by atoms with E-state index in [0.717, 1.165) is 51.2 Å². The Morgan fingerprint density at radius 1 is 0.833 bits per heavy atom. The highest BCUT2D eigenvalue weighted by atomic mass is 79.9. The summed E-state index contributed by atoms with van der Waals surface area (Å²) >= 11 is 3.79. The number of hydrogen-bond acceptors (Lipinski definition) is 1. The van der Waals surface area contributed by atoms with Crippen molar-refractivity contribution >= 4 is 34.6 Å². The number of rotatable bonds is 5. The lowest BCUT2D eigenvalue weighted by Gasteiger charge is -2.52. The number of fused-ring (bicyclic) bond motifs is 3. The lowest BCUT2D eigenvalue weighted by atomic mass is 9.53. The van der Waals surface area contributed by atoms with Crippen LogP contribution in [-0.4, -0.2) is 18.4 Å². The van der Waals surface area contributed by atoms with Gasteiger partial charge in [0, 0.05) is 5.33 Å². The summed E-state index contributed by atoms with van der Waals surface area (Å²) in [6, 6.07) is 21.3. The summed E-state index contributed by atoms with van der Waals surface area (Å²) in [7, 11) is -3.08. The normalized spacial score (nSPS) is 35.9. The first-order valence-electron chi connectivity index (χ1n) is 14.3. The third kappa shape index (κ3) is 4.12. The largest absolute Gasteiger partial charge is 0.424 e. The van der Waals surface area contributed by atoms with Crippen molar-refractivity contribution in [3.8, 4) is 0 Å². The molecule has 0 saturated heterocycles. The number of benzene rings is 2. The van der Waals surface area contributed by atoms with E-state index in [1.807, 2.05) is 0 Å². The van der Waals surface area contributed by atoms with Gasteiger partial charge in [-0.25, -0.2) is 0 Å². The summed E-state index contributed by atoms with van der Waals surface area (Å²) in [5.74, 6) is 5.89. The standard InChI is InChI=1S/C33H45BrOSi/c1-22-16-17-23(2)31-28(22)20-24(3)32-27(18-19-34)30(21-29(31)32)33(4,5)36(35,25-12-8-6-9-13-25)26-14-10-7-11-15-26/h6-15,18,22-24,28-32,35H,16-17,19-21H2,1-5H3/b27-18-/t22-,23-,24-,28-,29-,30?,31+,32-/m0/s1. The monoisotopic (exact) mass is 564 g/mol. The second kappa shape index (κ2) is 10.2. The van der Waals surface area contributed by atoms with Crippen LogP contribution >= 0.6 is 15.9 Å². The van der Waals surface area contributed by atoms with E-state index in [0.29, 0.717) is 11.8 Å². The highest BCUT2D eigenvalue weighted by Crippen LogP contribution is 2.65. The topological polar surface area (TPSA) is 20.2 Å². The molecule has 0 amide bonds. The van der Waals surface area contributed by atoms with E-state index in [1.54, 1.807) is 5.57 Å². The molecule has 0 bridgehead atoms. The molecule has 3 heteroatoms. The van der Waals surface area contributed by atoms with Crippen molar-refractivity contribution in [3.63, 3.8) is 0 Å². The van der Waals surface area contributed by atoms with Gasteiger partial charge in [0.05, 0.1) is 0 Å². The van der Waals surface area contributed by atoms with Crippen molar-refractivity contribution in [1.29, 1.82) is 0 Å². The van der Waals surface area contributed by atoms with Gasteiger partial charge in [-0.2, -0.15) is 0 Å². The molecular weight excluding hydrogens is 520 g/mol. The fraction of sp³-hybridized carbons (Fsp3) is 0.576. The molecule has 1 N–H and O–H groups in total. The van der Waals surface area contributed by atoms with Crippen molar-refractivity contribution in [2.45, 2.75) is 65.3 Å². The van der Waals surface area contributed by atoms with Crippen LogP contribution in [0.15, 0.2) is 72.3 Å². The molecule has 3 aliphatic rings. The Morgan fingerprint density at radius 2 is 1.39 bits per heavy atom. The number of halogens is 1. The molecule has 8 atom stereocenters. The third-order valence-electron chi connectivity index (χ3n) is 11.0. The molecule has 3 fully saturated rings. The Labute approximate surface area is 229 Å². The maximum Gasteiger partial charge on any atom is 0.258 e. The summed E-state index contributed by atoms with van der Waals surface area (Å²) in [5, 5.41) is 2.95. The summed E-state index contributed by atoms with van der Waals surface area (Å²) < 4.78 is 0. The van der Waals surface area contributed by atoms with Gasteiger partial charge in [-0.3, -0.25) is 0 Å². The van der Waals surface area contributed by atoms with E-state index in [9.17, 15) is 4.80 Å². The van der Waals surface area contributed by atoms with Crippen molar-refractivity contribution < 1.29 is 4.80 Å². The predicted octanol–water partition coefficient (Wildman–Crippen LogP) is 7.43. The molecule has 0 radical (unpaired) electrons. The second-order valence-corrected chi connectivity index (χ2v) is 17.5. The van der Waals surface area contributed by atoms with Gasteiger partial charge >= 0.3 is 0 Å². The van der Waals surface area contributed by atoms with Gasteiger partial charge in [-0.1, -0.05) is 136 Å². The van der Waals surface area contributed by atoms with Crippen LogP contribution < -0.4 is 10.4 Å². The highest BCUT2D eigenvalue weighted by molar-refractivity contribution is 9.09. The van der Waals surface area contributed by atoms with E-state index in [-0.39, 0.29) is 5.04 Å².